The Morgan fingerprint density at radius 3 is 2.08 bits per heavy atom. The van der Waals surface area contributed by atoms with Crippen molar-refractivity contribution in [2.75, 3.05) is 14.2 Å². The number of methoxy groups -OCH3 is 2. The minimum absolute atomic E-state index is 0. The third-order valence-corrected chi connectivity index (χ3v) is 4.78. The normalized spacial score (nSPS) is 11.7. The molecular formula is C19H23LiO4P+. The van der Waals surface area contributed by atoms with E-state index in [0.717, 1.165) is 17.5 Å². The van der Waals surface area contributed by atoms with Gasteiger partial charge in [0.05, 0.1) is 20.3 Å². The van der Waals surface area contributed by atoms with Crippen molar-refractivity contribution >= 4 is 19.4 Å². The van der Waals surface area contributed by atoms with Gasteiger partial charge in [0.2, 0.25) is 0 Å². The van der Waals surface area contributed by atoms with Crippen molar-refractivity contribution in [2.45, 2.75) is 26.4 Å². The van der Waals surface area contributed by atoms with Crippen molar-refractivity contribution in [3.63, 3.8) is 0 Å². The molecule has 2 rings (SSSR count). The molecule has 0 aromatic heterocycles. The first-order chi connectivity index (χ1) is 11.6. The number of benzene rings is 2. The number of hydrogen-bond acceptors (Lipinski definition) is 4. The molecule has 4 nitrogen and oxygen atoms in total. The molecule has 0 aliphatic carbocycles. The standard InChI is InChI=1S/C19H23O4P.Li/c1-5-13(2)23-14-9-11-15(12-10-14)24-19(20)18-16(21-3)7-6-8-17(18)22-4;/h6-13,24H,5H2,1-4H3;/q;+1. The molecule has 0 radical (unpaired) electrons. The van der Waals surface area contributed by atoms with Crippen LogP contribution >= 0.6 is 8.58 Å². The molecule has 6 heteroatoms. The summed E-state index contributed by atoms with van der Waals surface area (Å²) in [5, 5.41) is 0.949. The van der Waals surface area contributed by atoms with Gasteiger partial charge in [0.15, 0.2) is 5.52 Å². The van der Waals surface area contributed by atoms with Crippen LogP contribution in [0.15, 0.2) is 42.5 Å². The first kappa shape index (κ1) is 21.6. The van der Waals surface area contributed by atoms with Crippen LogP contribution in [-0.4, -0.2) is 25.8 Å². The minimum Gasteiger partial charge on any atom is -0.496 e. The first-order valence-corrected chi connectivity index (χ1v) is 8.88. The zero-order valence-corrected chi connectivity index (χ0v) is 16.5. The van der Waals surface area contributed by atoms with Crippen molar-refractivity contribution in [3.8, 4) is 17.2 Å². The van der Waals surface area contributed by atoms with Crippen LogP contribution in [0, 0.1) is 0 Å². The van der Waals surface area contributed by atoms with E-state index in [1.54, 1.807) is 32.4 Å². The van der Waals surface area contributed by atoms with E-state index in [1.807, 2.05) is 31.2 Å². The van der Waals surface area contributed by atoms with Crippen LogP contribution in [0.25, 0.3) is 0 Å². The third-order valence-electron chi connectivity index (χ3n) is 3.68. The molecule has 128 valence electrons. The maximum atomic E-state index is 12.7. The molecule has 2 aromatic rings. The summed E-state index contributed by atoms with van der Waals surface area (Å²) >= 11 is 0. The second kappa shape index (κ2) is 10.5. The predicted molar refractivity (Wildman–Crippen MR) is 98.6 cm³/mol. The molecule has 0 amide bonds. The van der Waals surface area contributed by atoms with E-state index in [4.69, 9.17) is 14.2 Å². The average molecular weight is 353 g/mol. The third kappa shape index (κ3) is 5.78. The minimum atomic E-state index is -0.0140. The monoisotopic (exact) mass is 353 g/mol. The summed E-state index contributed by atoms with van der Waals surface area (Å²) in [4.78, 5) is 12.7. The number of carbonyl (C=O) groups is 1. The Morgan fingerprint density at radius 2 is 1.60 bits per heavy atom. The van der Waals surface area contributed by atoms with Crippen molar-refractivity contribution in [1.29, 1.82) is 0 Å². The second-order valence-corrected chi connectivity index (χ2v) is 6.63. The predicted octanol–water partition coefficient (Wildman–Crippen LogP) is 1.03. The summed E-state index contributed by atoms with van der Waals surface area (Å²) in [6, 6.07) is 13.0. The number of rotatable bonds is 8. The number of ether oxygens (including phenoxy) is 3. The molecule has 25 heavy (non-hydrogen) atoms. The first-order valence-electron chi connectivity index (χ1n) is 7.88. The van der Waals surface area contributed by atoms with Crippen LogP contribution in [-0.2, 0) is 0 Å². The van der Waals surface area contributed by atoms with E-state index in [2.05, 4.69) is 6.92 Å². The fourth-order valence-electron chi connectivity index (χ4n) is 2.20. The maximum absolute atomic E-state index is 12.7. The van der Waals surface area contributed by atoms with E-state index in [-0.39, 0.29) is 39.1 Å². The Labute approximate surface area is 163 Å². The van der Waals surface area contributed by atoms with Gasteiger partial charge >= 0.3 is 18.9 Å². The van der Waals surface area contributed by atoms with Gasteiger partial charge in [0, 0.05) is 0 Å². The fourth-order valence-corrected chi connectivity index (χ4v) is 3.17. The molecule has 0 saturated heterocycles. The van der Waals surface area contributed by atoms with Crippen LogP contribution in [0.5, 0.6) is 17.2 Å². The molecule has 2 aromatic carbocycles. The van der Waals surface area contributed by atoms with Gasteiger partial charge in [-0.05, 0) is 51.5 Å². The Bertz CT molecular complexity index is 666. The van der Waals surface area contributed by atoms with Gasteiger partial charge in [-0.3, -0.25) is 4.79 Å². The van der Waals surface area contributed by atoms with E-state index in [0.29, 0.717) is 17.1 Å². The van der Waals surface area contributed by atoms with E-state index < -0.39 is 0 Å². The Kier molecular flexibility index (Phi) is 9.07. The second-order valence-electron chi connectivity index (χ2n) is 5.35. The smallest absolute Gasteiger partial charge is 0.496 e. The van der Waals surface area contributed by atoms with E-state index >= 15 is 0 Å². The molecule has 2 unspecified atom stereocenters. The molecule has 0 aliphatic rings. The van der Waals surface area contributed by atoms with Crippen LogP contribution in [0.1, 0.15) is 30.6 Å². The van der Waals surface area contributed by atoms with Crippen LogP contribution in [0.2, 0.25) is 0 Å². The van der Waals surface area contributed by atoms with E-state index in [9.17, 15) is 4.79 Å². The van der Waals surface area contributed by atoms with Crippen LogP contribution in [0.4, 0.5) is 0 Å². The maximum Gasteiger partial charge on any atom is 1.00 e. The van der Waals surface area contributed by atoms with Crippen molar-refractivity contribution in [1.82, 2.24) is 0 Å². The summed E-state index contributed by atoms with van der Waals surface area (Å²) in [7, 11) is 3.10. The van der Waals surface area contributed by atoms with Crippen LogP contribution in [0.3, 0.4) is 0 Å². The Hall–Kier alpha value is -1.46. The van der Waals surface area contributed by atoms with Gasteiger partial charge in [-0.25, -0.2) is 0 Å². The van der Waals surface area contributed by atoms with Gasteiger partial charge in [0.1, 0.15) is 22.8 Å². The zero-order valence-electron chi connectivity index (χ0n) is 15.5. The SMILES string of the molecule is CCC(C)Oc1ccc(PC(=O)c2c(OC)cccc2OC)cc1.[Li+]. The Balaban J connectivity index is 0.00000312. The van der Waals surface area contributed by atoms with Crippen molar-refractivity contribution in [3.05, 3.63) is 48.0 Å². The number of hydrogen-bond donors (Lipinski definition) is 0. The van der Waals surface area contributed by atoms with Gasteiger partial charge in [-0.1, -0.05) is 25.1 Å². The molecule has 0 saturated carbocycles. The summed E-state index contributed by atoms with van der Waals surface area (Å²) in [5.74, 6) is 1.88. The van der Waals surface area contributed by atoms with Gasteiger partial charge in [-0.15, -0.1) is 0 Å². The topological polar surface area (TPSA) is 44.8 Å². The van der Waals surface area contributed by atoms with Gasteiger partial charge in [0.25, 0.3) is 0 Å². The van der Waals surface area contributed by atoms with Crippen molar-refractivity contribution in [2.24, 2.45) is 0 Å². The fraction of sp³-hybridized carbons (Fsp3) is 0.316. The van der Waals surface area contributed by atoms with Gasteiger partial charge < -0.3 is 14.2 Å². The van der Waals surface area contributed by atoms with Crippen LogP contribution < -0.4 is 38.4 Å². The molecule has 0 aliphatic heterocycles. The van der Waals surface area contributed by atoms with Gasteiger partial charge in [-0.2, -0.15) is 0 Å². The summed E-state index contributed by atoms with van der Waals surface area (Å²) in [6.45, 7) is 4.12. The summed E-state index contributed by atoms with van der Waals surface area (Å²) < 4.78 is 16.4. The summed E-state index contributed by atoms with van der Waals surface area (Å²) in [5.41, 5.74) is 0.473. The molecule has 2 atom stereocenters. The molecular weight excluding hydrogens is 330 g/mol. The van der Waals surface area contributed by atoms with E-state index in [1.165, 1.54) is 0 Å². The zero-order chi connectivity index (χ0) is 17.5. The quantitative estimate of drug-likeness (QED) is 0.525. The molecule has 0 fully saturated rings. The summed E-state index contributed by atoms with van der Waals surface area (Å²) in [6.07, 6.45) is 1.13. The molecule has 0 spiro atoms. The molecule has 0 heterocycles. The molecule has 0 bridgehead atoms. The average Bonchev–Trinajstić information content (AvgIpc) is 2.62. The van der Waals surface area contributed by atoms with Crippen molar-refractivity contribution < 1.29 is 37.9 Å². The largest absolute Gasteiger partial charge is 1.00 e. The number of carbonyl (C=O) groups excluding carboxylic acids is 1. The molecule has 0 N–H and O–H groups in total. The Morgan fingerprint density at radius 1 is 1.04 bits per heavy atom.